The molecule has 0 bridgehead atoms. The summed E-state index contributed by atoms with van der Waals surface area (Å²) < 4.78 is 12.3. The van der Waals surface area contributed by atoms with Gasteiger partial charge in [-0.2, -0.15) is 0 Å². The van der Waals surface area contributed by atoms with Crippen LogP contribution in [0.15, 0.2) is 12.2 Å². The van der Waals surface area contributed by atoms with Gasteiger partial charge in [0.1, 0.15) is 0 Å². The van der Waals surface area contributed by atoms with E-state index in [1.165, 1.54) is 0 Å². The Balaban J connectivity index is 2.36. The number of hydrogen-bond acceptors (Lipinski definition) is 4. The van der Waals surface area contributed by atoms with Crippen LogP contribution in [-0.2, 0) is 14.0 Å². The first-order chi connectivity index (χ1) is 12.0. The summed E-state index contributed by atoms with van der Waals surface area (Å²) in [6.45, 7) is 15.9. The fourth-order valence-electron chi connectivity index (χ4n) is 4.33. The number of aliphatic hydroxyl groups excluding tert-OH is 1. The molecule has 2 aliphatic rings. The summed E-state index contributed by atoms with van der Waals surface area (Å²) >= 11 is 0. The molecule has 0 saturated heterocycles. The molecule has 1 N–H and O–H groups in total. The van der Waals surface area contributed by atoms with Crippen LogP contribution in [0.25, 0.3) is 0 Å². The highest BCUT2D eigenvalue weighted by Crippen LogP contribution is 2.49. The van der Waals surface area contributed by atoms with Gasteiger partial charge in [-0.05, 0) is 55.7 Å². The largest absolute Gasteiger partial charge is 0.466 e. The van der Waals surface area contributed by atoms with Gasteiger partial charge < -0.3 is 14.3 Å². The average molecular weight is 383 g/mol. The number of ether oxygens (including phenoxy) is 1. The fraction of sp³-hybridized carbons (Fsp3) is 0.857. The molecule has 0 aliphatic heterocycles. The van der Waals surface area contributed by atoms with Crippen LogP contribution in [-0.4, -0.2) is 38.7 Å². The molecule has 0 aromatic rings. The molecule has 0 radical (unpaired) electrons. The van der Waals surface area contributed by atoms with Crippen LogP contribution in [0.5, 0.6) is 0 Å². The van der Waals surface area contributed by atoms with Crippen LogP contribution in [0.4, 0.5) is 0 Å². The van der Waals surface area contributed by atoms with Gasteiger partial charge in [0, 0.05) is 18.6 Å². The van der Waals surface area contributed by atoms with Crippen LogP contribution < -0.4 is 0 Å². The molecule has 2 unspecified atom stereocenters. The third kappa shape index (κ3) is 4.42. The maximum absolute atomic E-state index is 12.8. The molecule has 26 heavy (non-hydrogen) atoms. The summed E-state index contributed by atoms with van der Waals surface area (Å²) in [5, 5.41) is 9.92. The molecule has 5 heteroatoms. The zero-order valence-electron chi connectivity index (χ0n) is 17.6. The number of esters is 1. The highest BCUT2D eigenvalue weighted by molar-refractivity contribution is 6.74. The van der Waals surface area contributed by atoms with Crippen LogP contribution in [0.3, 0.4) is 0 Å². The number of carbonyl (C=O) groups is 1. The van der Waals surface area contributed by atoms with E-state index in [2.05, 4.69) is 52.9 Å². The molecular formula is C21H38O4Si. The minimum Gasteiger partial charge on any atom is -0.466 e. The van der Waals surface area contributed by atoms with E-state index in [-0.39, 0.29) is 53.3 Å². The minimum atomic E-state index is -1.97. The fourth-order valence-corrected chi connectivity index (χ4v) is 5.70. The van der Waals surface area contributed by atoms with E-state index in [1.54, 1.807) is 0 Å². The molecule has 1 fully saturated rings. The number of carbonyl (C=O) groups excluding carboxylic acids is 1. The van der Waals surface area contributed by atoms with Gasteiger partial charge in [-0.3, -0.25) is 4.79 Å². The van der Waals surface area contributed by atoms with Crippen molar-refractivity contribution < 1.29 is 19.1 Å². The van der Waals surface area contributed by atoms with E-state index in [1.807, 2.05) is 6.92 Å². The SMILES string of the molecule is CCOC(=O)[C@@H]1C2C(C=C[C@@H]1C)C[C@H](CO)C[C@@H]2O[Si](C)(C)C(C)(C)C. The molecule has 4 nitrogen and oxygen atoms in total. The summed E-state index contributed by atoms with van der Waals surface area (Å²) in [6, 6.07) is 0. The Morgan fingerprint density at radius 1 is 1.23 bits per heavy atom. The zero-order chi connectivity index (χ0) is 19.7. The van der Waals surface area contributed by atoms with Gasteiger partial charge in [0.25, 0.3) is 0 Å². The van der Waals surface area contributed by atoms with Crippen molar-refractivity contribution in [3.05, 3.63) is 12.2 Å². The number of aliphatic hydroxyl groups is 1. The van der Waals surface area contributed by atoms with E-state index >= 15 is 0 Å². The molecule has 2 aliphatic carbocycles. The second kappa shape index (κ2) is 8.15. The predicted octanol–water partition coefficient (Wildman–Crippen LogP) is 4.40. The van der Waals surface area contributed by atoms with E-state index in [0.29, 0.717) is 6.61 Å². The molecule has 0 spiro atoms. The Kier molecular flexibility index (Phi) is 6.79. The Morgan fingerprint density at radius 2 is 1.88 bits per heavy atom. The normalized spacial score (nSPS) is 35.1. The van der Waals surface area contributed by atoms with Crippen molar-refractivity contribution in [1.29, 1.82) is 0 Å². The number of rotatable bonds is 5. The van der Waals surface area contributed by atoms with Crippen molar-refractivity contribution in [3.8, 4) is 0 Å². The second-order valence-electron chi connectivity index (χ2n) is 9.70. The van der Waals surface area contributed by atoms with Gasteiger partial charge >= 0.3 is 5.97 Å². The van der Waals surface area contributed by atoms with Crippen LogP contribution in [0, 0.1) is 29.6 Å². The summed E-state index contributed by atoms with van der Waals surface area (Å²) in [4.78, 5) is 12.8. The van der Waals surface area contributed by atoms with E-state index in [9.17, 15) is 9.90 Å². The molecule has 150 valence electrons. The summed E-state index contributed by atoms with van der Waals surface area (Å²) in [5.41, 5.74) is 0. The molecule has 0 aromatic carbocycles. The first-order valence-corrected chi connectivity index (χ1v) is 13.1. The number of hydrogen-bond donors (Lipinski definition) is 1. The van der Waals surface area contributed by atoms with E-state index in [4.69, 9.17) is 9.16 Å². The summed E-state index contributed by atoms with van der Waals surface area (Å²) in [6.07, 6.45) is 6.19. The molecule has 0 aromatic heterocycles. The summed E-state index contributed by atoms with van der Waals surface area (Å²) in [5.74, 6) is 0.579. The monoisotopic (exact) mass is 382 g/mol. The molecule has 1 saturated carbocycles. The smallest absolute Gasteiger partial charge is 0.309 e. The first-order valence-electron chi connectivity index (χ1n) is 10.2. The number of allylic oxidation sites excluding steroid dienone is 2. The van der Waals surface area contributed by atoms with Gasteiger partial charge in [0.2, 0.25) is 0 Å². The number of fused-ring (bicyclic) bond motifs is 1. The Morgan fingerprint density at radius 3 is 2.42 bits per heavy atom. The Hall–Kier alpha value is -0.653. The molecule has 6 atom stereocenters. The first kappa shape index (κ1) is 21.6. The third-order valence-electron chi connectivity index (χ3n) is 6.81. The van der Waals surface area contributed by atoms with Crippen LogP contribution >= 0.6 is 0 Å². The topological polar surface area (TPSA) is 55.8 Å². The van der Waals surface area contributed by atoms with Crippen molar-refractivity contribution in [3.63, 3.8) is 0 Å². The van der Waals surface area contributed by atoms with Crippen molar-refractivity contribution >= 4 is 14.3 Å². The Labute approximate surface area is 160 Å². The summed E-state index contributed by atoms with van der Waals surface area (Å²) in [7, 11) is -1.97. The van der Waals surface area contributed by atoms with Crippen molar-refractivity contribution in [2.24, 2.45) is 29.6 Å². The van der Waals surface area contributed by atoms with E-state index < -0.39 is 8.32 Å². The molecule has 0 amide bonds. The lowest BCUT2D eigenvalue weighted by Crippen LogP contribution is -2.53. The van der Waals surface area contributed by atoms with Crippen molar-refractivity contribution in [1.82, 2.24) is 0 Å². The van der Waals surface area contributed by atoms with Gasteiger partial charge in [-0.25, -0.2) is 0 Å². The van der Waals surface area contributed by atoms with Crippen LogP contribution in [0.1, 0.15) is 47.5 Å². The zero-order valence-corrected chi connectivity index (χ0v) is 18.6. The van der Waals surface area contributed by atoms with Gasteiger partial charge in [0.15, 0.2) is 8.32 Å². The second-order valence-corrected chi connectivity index (χ2v) is 14.5. The molecular weight excluding hydrogens is 344 g/mol. The van der Waals surface area contributed by atoms with Gasteiger partial charge in [-0.15, -0.1) is 0 Å². The lowest BCUT2D eigenvalue weighted by Gasteiger charge is -2.50. The van der Waals surface area contributed by atoms with Crippen molar-refractivity contribution in [2.45, 2.75) is 71.7 Å². The molecule has 2 rings (SSSR count). The highest BCUT2D eigenvalue weighted by Gasteiger charge is 2.50. The predicted molar refractivity (Wildman–Crippen MR) is 107 cm³/mol. The quantitative estimate of drug-likeness (QED) is 0.435. The van der Waals surface area contributed by atoms with E-state index in [0.717, 1.165) is 12.8 Å². The van der Waals surface area contributed by atoms with Crippen molar-refractivity contribution in [2.75, 3.05) is 13.2 Å². The average Bonchev–Trinajstić information content (AvgIpc) is 2.53. The Bertz CT molecular complexity index is 523. The van der Waals surface area contributed by atoms with Gasteiger partial charge in [-0.1, -0.05) is 39.8 Å². The molecule has 0 heterocycles. The lowest BCUT2D eigenvalue weighted by atomic mass is 9.62. The third-order valence-corrected chi connectivity index (χ3v) is 11.3. The van der Waals surface area contributed by atoms with Gasteiger partial charge in [0.05, 0.1) is 12.5 Å². The minimum absolute atomic E-state index is 0.00796. The highest BCUT2D eigenvalue weighted by atomic mass is 28.4. The maximum Gasteiger partial charge on any atom is 0.309 e. The lowest BCUT2D eigenvalue weighted by molar-refractivity contribution is -0.157. The maximum atomic E-state index is 12.8. The van der Waals surface area contributed by atoms with Crippen LogP contribution in [0.2, 0.25) is 18.1 Å². The standard InChI is InChI=1S/C21H38O4Si/c1-8-24-20(23)18-14(2)9-10-16-11-15(13-22)12-17(19(16)18)25-26(6,7)21(3,4)5/h9-10,14-19,22H,8,11-13H2,1-7H3/t14-,15-,16?,17-,18-,19?/m0/s1.